The molecule has 0 bridgehead atoms. The zero-order chi connectivity index (χ0) is 39.8. The molecule has 60 heavy (non-hydrogen) atoms. The zero-order valence-electron chi connectivity index (χ0n) is 32.3. The maximum atomic E-state index is 5.63. The highest BCUT2D eigenvalue weighted by atomic mass is 15.0. The Morgan fingerprint density at radius 3 is 1.15 bits per heavy atom. The summed E-state index contributed by atoms with van der Waals surface area (Å²) < 4.78 is 0. The number of benzene rings is 8. The molecule has 0 amide bonds. The summed E-state index contributed by atoms with van der Waals surface area (Å²) in [5.74, 6) is 1.84. The average molecular weight is 767 g/mol. The minimum absolute atomic E-state index is 0.598. The maximum absolute atomic E-state index is 5.63. The monoisotopic (exact) mass is 766 g/mol. The second-order valence-corrected chi connectivity index (χ2v) is 14.7. The SMILES string of the molecule is c1ccc(-c2nc(-c3ccccc3)nc(-c3ccc(-c4nc5ccccc5c5c4cc(-c4ccccc4)c4nc(-c6ccccc6)c(-c6ccccc6)nc45)cc3)n2)cc1. The predicted molar refractivity (Wildman–Crippen MR) is 244 cm³/mol. The Morgan fingerprint density at radius 2 is 0.633 bits per heavy atom. The molecule has 11 aromatic rings. The van der Waals surface area contributed by atoms with Gasteiger partial charge in [-0.1, -0.05) is 194 Å². The number of rotatable bonds is 7. The number of para-hydroxylation sites is 1. The van der Waals surface area contributed by atoms with Crippen LogP contribution in [0.25, 0.3) is 112 Å². The van der Waals surface area contributed by atoms with Crippen molar-refractivity contribution in [3.63, 3.8) is 0 Å². The molecule has 0 fully saturated rings. The van der Waals surface area contributed by atoms with Crippen LogP contribution in [0.4, 0.5) is 0 Å². The Labute approximate surface area is 346 Å². The molecule has 0 unspecified atom stereocenters. The van der Waals surface area contributed by atoms with Gasteiger partial charge in [-0.25, -0.2) is 29.9 Å². The molecular weight excluding hydrogens is 733 g/mol. The lowest BCUT2D eigenvalue weighted by atomic mass is 9.93. The van der Waals surface area contributed by atoms with Crippen LogP contribution in [0.15, 0.2) is 206 Å². The summed E-state index contributed by atoms with van der Waals surface area (Å²) in [4.78, 5) is 31.4. The Morgan fingerprint density at radius 1 is 0.250 bits per heavy atom. The molecule has 11 rings (SSSR count). The highest BCUT2D eigenvalue weighted by Crippen LogP contribution is 2.43. The molecule has 0 N–H and O–H groups in total. The summed E-state index contributed by atoms with van der Waals surface area (Å²) in [6, 6.07) is 70.2. The van der Waals surface area contributed by atoms with E-state index < -0.39 is 0 Å². The number of hydrogen-bond donors (Lipinski definition) is 0. The Balaban J connectivity index is 1.16. The highest BCUT2D eigenvalue weighted by Gasteiger charge is 2.22. The van der Waals surface area contributed by atoms with E-state index in [4.69, 9.17) is 29.9 Å². The summed E-state index contributed by atoms with van der Waals surface area (Å²) in [7, 11) is 0. The van der Waals surface area contributed by atoms with Gasteiger partial charge in [0.1, 0.15) is 0 Å². The van der Waals surface area contributed by atoms with Crippen molar-refractivity contribution >= 4 is 32.7 Å². The first-order chi connectivity index (χ1) is 29.7. The van der Waals surface area contributed by atoms with Crippen LogP contribution < -0.4 is 0 Å². The van der Waals surface area contributed by atoms with Crippen molar-refractivity contribution in [2.24, 2.45) is 0 Å². The fraction of sp³-hybridized carbons (Fsp3) is 0. The number of fused-ring (bicyclic) bond motifs is 5. The molecule has 3 heterocycles. The molecule has 6 heteroatoms. The van der Waals surface area contributed by atoms with E-state index in [2.05, 4.69) is 121 Å². The molecule has 0 radical (unpaired) electrons. The van der Waals surface area contributed by atoms with Crippen LogP contribution in [0.2, 0.25) is 0 Å². The van der Waals surface area contributed by atoms with Gasteiger partial charge in [-0.05, 0) is 17.7 Å². The van der Waals surface area contributed by atoms with Gasteiger partial charge >= 0.3 is 0 Å². The highest BCUT2D eigenvalue weighted by molar-refractivity contribution is 6.24. The van der Waals surface area contributed by atoms with E-state index in [-0.39, 0.29) is 0 Å². The topological polar surface area (TPSA) is 77.3 Å². The predicted octanol–water partition coefficient (Wildman–Crippen LogP) is 13.2. The summed E-state index contributed by atoms with van der Waals surface area (Å²) in [5.41, 5.74) is 12.8. The zero-order valence-corrected chi connectivity index (χ0v) is 32.3. The van der Waals surface area contributed by atoms with Crippen molar-refractivity contribution < 1.29 is 0 Å². The van der Waals surface area contributed by atoms with E-state index in [1.807, 2.05) is 84.9 Å². The van der Waals surface area contributed by atoms with E-state index >= 15 is 0 Å². The molecule has 0 aliphatic rings. The Kier molecular flexibility index (Phi) is 8.71. The minimum atomic E-state index is 0.598. The molecule has 8 aromatic carbocycles. The molecule has 280 valence electrons. The standard InChI is InChI=1S/C54H34N6/c1-6-18-35(19-7-1)43-34-44-46(51-50(43)56-48(36-20-8-2-9-21-36)49(57-51)37-22-10-3-11-23-37)42-28-16-17-29-45(42)55-47(44)38-30-32-41(33-31-38)54-59-52(39-24-12-4-13-25-39)58-53(60-54)40-26-14-5-15-27-40/h1-34H. The molecule has 0 spiro atoms. The molecule has 0 atom stereocenters. The first-order valence-electron chi connectivity index (χ1n) is 20.0. The molecule has 0 saturated heterocycles. The van der Waals surface area contributed by atoms with Gasteiger partial charge in [-0.2, -0.15) is 0 Å². The summed E-state index contributed by atoms with van der Waals surface area (Å²) in [6.07, 6.45) is 0. The third-order valence-electron chi connectivity index (χ3n) is 10.9. The van der Waals surface area contributed by atoms with E-state index in [9.17, 15) is 0 Å². The van der Waals surface area contributed by atoms with Gasteiger partial charge < -0.3 is 0 Å². The quantitative estimate of drug-likeness (QED) is 0.150. The van der Waals surface area contributed by atoms with Crippen molar-refractivity contribution in [1.82, 2.24) is 29.9 Å². The fourth-order valence-electron chi connectivity index (χ4n) is 8.00. The van der Waals surface area contributed by atoms with Gasteiger partial charge in [0, 0.05) is 55.1 Å². The second kappa shape index (κ2) is 14.9. The molecular formula is C54H34N6. The van der Waals surface area contributed by atoms with Gasteiger partial charge in [-0.15, -0.1) is 0 Å². The van der Waals surface area contributed by atoms with Gasteiger partial charge in [0.05, 0.1) is 33.6 Å². The normalized spacial score (nSPS) is 11.3. The van der Waals surface area contributed by atoms with Crippen LogP contribution in [0.3, 0.4) is 0 Å². The first-order valence-corrected chi connectivity index (χ1v) is 20.0. The van der Waals surface area contributed by atoms with Gasteiger partial charge in [-0.3, -0.25) is 0 Å². The van der Waals surface area contributed by atoms with E-state index in [0.29, 0.717) is 17.5 Å². The molecule has 0 aliphatic heterocycles. The molecule has 3 aromatic heterocycles. The van der Waals surface area contributed by atoms with Crippen LogP contribution in [0.1, 0.15) is 0 Å². The van der Waals surface area contributed by atoms with Crippen LogP contribution >= 0.6 is 0 Å². The largest absolute Gasteiger partial charge is 0.247 e. The lowest BCUT2D eigenvalue weighted by molar-refractivity contribution is 1.07. The summed E-state index contributed by atoms with van der Waals surface area (Å²) in [6.45, 7) is 0. The fourth-order valence-corrected chi connectivity index (χ4v) is 8.00. The number of aromatic nitrogens is 6. The number of hydrogen-bond acceptors (Lipinski definition) is 6. The summed E-state index contributed by atoms with van der Waals surface area (Å²) >= 11 is 0. The van der Waals surface area contributed by atoms with Crippen molar-refractivity contribution in [2.75, 3.05) is 0 Å². The smallest absolute Gasteiger partial charge is 0.164 e. The lowest BCUT2D eigenvalue weighted by Gasteiger charge is -2.18. The van der Waals surface area contributed by atoms with Crippen LogP contribution in [0, 0.1) is 0 Å². The van der Waals surface area contributed by atoms with E-state index in [0.717, 1.165) is 94.3 Å². The van der Waals surface area contributed by atoms with Crippen molar-refractivity contribution in [3.8, 4) is 79.1 Å². The molecule has 6 nitrogen and oxygen atoms in total. The second-order valence-electron chi connectivity index (χ2n) is 14.7. The molecule has 0 saturated carbocycles. The van der Waals surface area contributed by atoms with Crippen molar-refractivity contribution in [1.29, 1.82) is 0 Å². The minimum Gasteiger partial charge on any atom is -0.247 e. The van der Waals surface area contributed by atoms with Crippen LogP contribution in [-0.4, -0.2) is 29.9 Å². The number of pyridine rings is 1. The molecule has 0 aliphatic carbocycles. The van der Waals surface area contributed by atoms with Crippen molar-refractivity contribution in [3.05, 3.63) is 206 Å². The third-order valence-corrected chi connectivity index (χ3v) is 10.9. The first kappa shape index (κ1) is 35.0. The maximum Gasteiger partial charge on any atom is 0.164 e. The Hall–Kier alpha value is -8.22. The van der Waals surface area contributed by atoms with Crippen LogP contribution in [0.5, 0.6) is 0 Å². The van der Waals surface area contributed by atoms with Crippen molar-refractivity contribution in [2.45, 2.75) is 0 Å². The van der Waals surface area contributed by atoms with Gasteiger partial charge in [0.15, 0.2) is 17.5 Å². The summed E-state index contributed by atoms with van der Waals surface area (Å²) in [5, 5.41) is 3.02. The van der Waals surface area contributed by atoms with Gasteiger partial charge in [0.2, 0.25) is 0 Å². The van der Waals surface area contributed by atoms with Crippen LogP contribution in [-0.2, 0) is 0 Å². The lowest BCUT2D eigenvalue weighted by Crippen LogP contribution is -2.00. The van der Waals surface area contributed by atoms with E-state index in [1.54, 1.807) is 0 Å². The Bertz CT molecular complexity index is 3270. The van der Waals surface area contributed by atoms with E-state index in [1.165, 1.54) is 0 Å². The van der Waals surface area contributed by atoms with Gasteiger partial charge in [0.25, 0.3) is 0 Å². The number of nitrogens with zero attached hydrogens (tertiary/aromatic N) is 6. The average Bonchev–Trinajstić information content (AvgIpc) is 3.34. The third kappa shape index (κ3) is 6.33.